The molecule has 0 atom stereocenters. The fraction of sp³-hybridized carbons (Fsp3) is 0.174. The zero-order valence-electron chi connectivity index (χ0n) is 16.3. The van der Waals surface area contributed by atoms with Crippen LogP contribution in [-0.4, -0.2) is 12.8 Å². The fourth-order valence-corrected chi connectivity index (χ4v) is 3.02. The summed E-state index contributed by atoms with van der Waals surface area (Å²) in [4.78, 5) is 0. The maximum absolute atomic E-state index is 6.14. The first-order chi connectivity index (χ1) is 14.0. The molecule has 3 aromatic rings. The number of aryl methyl sites for hydroxylation is 1. The highest BCUT2D eigenvalue weighted by atomic mass is 79.9. The van der Waals surface area contributed by atoms with Crippen molar-refractivity contribution < 1.29 is 9.47 Å². The summed E-state index contributed by atoms with van der Waals surface area (Å²) >= 11 is 9.58. The lowest BCUT2D eigenvalue weighted by atomic mass is 10.2. The lowest BCUT2D eigenvalue weighted by Gasteiger charge is -2.12. The fourth-order valence-electron chi connectivity index (χ4n) is 2.58. The van der Waals surface area contributed by atoms with Gasteiger partial charge in [-0.25, -0.2) is 0 Å². The lowest BCUT2D eigenvalue weighted by molar-refractivity contribution is 0.269. The maximum atomic E-state index is 6.14. The van der Waals surface area contributed by atoms with Gasteiger partial charge in [-0.1, -0.05) is 45.7 Å². The van der Waals surface area contributed by atoms with E-state index in [9.17, 15) is 0 Å². The third kappa shape index (κ3) is 6.24. The van der Waals surface area contributed by atoms with E-state index in [1.807, 2.05) is 74.5 Å². The number of benzene rings is 3. The Labute approximate surface area is 184 Å². The quantitative estimate of drug-likeness (QED) is 0.288. The second kappa shape index (κ2) is 10.3. The van der Waals surface area contributed by atoms with E-state index in [1.54, 1.807) is 6.21 Å². The Morgan fingerprint density at radius 1 is 1.00 bits per heavy atom. The Balaban J connectivity index is 1.67. The number of hydrazone groups is 1. The van der Waals surface area contributed by atoms with Crippen molar-refractivity contribution in [3.05, 3.63) is 86.8 Å². The van der Waals surface area contributed by atoms with Gasteiger partial charge in [0.15, 0.2) is 11.5 Å². The molecule has 29 heavy (non-hydrogen) atoms. The second-order valence-corrected chi connectivity index (χ2v) is 7.71. The standard InChI is InChI=1S/C23H22BrClN2O2/c1-3-28-23-12-18(14-26-27-20-10-4-16(2)21(25)13-20)7-11-22(23)29-15-17-5-8-19(24)9-6-17/h4-14,27H,3,15H2,1-2H3. The van der Waals surface area contributed by atoms with Crippen LogP contribution in [0.1, 0.15) is 23.6 Å². The summed E-state index contributed by atoms with van der Waals surface area (Å²) in [6, 6.07) is 19.5. The minimum absolute atomic E-state index is 0.469. The smallest absolute Gasteiger partial charge is 0.161 e. The van der Waals surface area contributed by atoms with E-state index in [0.29, 0.717) is 29.7 Å². The van der Waals surface area contributed by atoms with E-state index in [2.05, 4.69) is 26.5 Å². The van der Waals surface area contributed by atoms with E-state index in [1.165, 1.54) is 0 Å². The van der Waals surface area contributed by atoms with E-state index < -0.39 is 0 Å². The van der Waals surface area contributed by atoms with Gasteiger partial charge in [0.2, 0.25) is 0 Å². The molecule has 150 valence electrons. The van der Waals surface area contributed by atoms with Crippen LogP contribution in [-0.2, 0) is 6.61 Å². The molecular formula is C23H22BrClN2O2. The molecule has 0 aromatic heterocycles. The van der Waals surface area contributed by atoms with Crippen molar-refractivity contribution in [1.82, 2.24) is 0 Å². The topological polar surface area (TPSA) is 42.8 Å². The molecule has 0 aliphatic heterocycles. The molecule has 0 saturated carbocycles. The summed E-state index contributed by atoms with van der Waals surface area (Å²) in [7, 11) is 0. The van der Waals surface area contributed by atoms with Gasteiger partial charge in [0.25, 0.3) is 0 Å². The highest BCUT2D eigenvalue weighted by molar-refractivity contribution is 9.10. The summed E-state index contributed by atoms with van der Waals surface area (Å²) in [5.41, 5.74) is 6.83. The van der Waals surface area contributed by atoms with Crippen molar-refractivity contribution in [2.24, 2.45) is 5.10 Å². The molecule has 0 fully saturated rings. The van der Waals surface area contributed by atoms with Crippen molar-refractivity contribution in [3.63, 3.8) is 0 Å². The average molecular weight is 474 g/mol. The molecule has 0 aliphatic carbocycles. The zero-order valence-corrected chi connectivity index (χ0v) is 18.6. The van der Waals surface area contributed by atoms with Crippen LogP contribution in [0.2, 0.25) is 5.02 Å². The van der Waals surface area contributed by atoms with Crippen LogP contribution >= 0.6 is 27.5 Å². The van der Waals surface area contributed by atoms with Gasteiger partial charge in [-0.15, -0.1) is 0 Å². The third-order valence-electron chi connectivity index (χ3n) is 4.15. The maximum Gasteiger partial charge on any atom is 0.161 e. The number of rotatable bonds is 8. The second-order valence-electron chi connectivity index (χ2n) is 6.39. The molecule has 0 heterocycles. The lowest BCUT2D eigenvalue weighted by Crippen LogP contribution is -2.00. The minimum atomic E-state index is 0.469. The molecule has 0 unspecified atom stereocenters. The van der Waals surface area contributed by atoms with Crippen LogP contribution in [0.25, 0.3) is 0 Å². The summed E-state index contributed by atoms with van der Waals surface area (Å²) < 4.78 is 12.7. The summed E-state index contributed by atoms with van der Waals surface area (Å²) in [6.07, 6.45) is 1.73. The highest BCUT2D eigenvalue weighted by Gasteiger charge is 2.07. The predicted octanol–water partition coefficient (Wildman–Crippen LogP) is 6.83. The van der Waals surface area contributed by atoms with Crippen molar-refractivity contribution in [1.29, 1.82) is 0 Å². The Morgan fingerprint density at radius 3 is 2.52 bits per heavy atom. The Bertz CT molecular complexity index is 991. The molecule has 4 nitrogen and oxygen atoms in total. The van der Waals surface area contributed by atoms with Gasteiger partial charge in [-0.3, -0.25) is 5.43 Å². The van der Waals surface area contributed by atoms with E-state index >= 15 is 0 Å². The third-order valence-corrected chi connectivity index (χ3v) is 5.09. The van der Waals surface area contributed by atoms with Crippen molar-refractivity contribution >= 4 is 39.4 Å². The molecule has 0 radical (unpaired) electrons. The van der Waals surface area contributed by atoms with Gasteiger partial charge >= 0.3 is 0 Å². The van der Waals surface area contributed by atoms with Crippen LogP contribution in [0.3, 0.4) is 0 Å². The number of halogens is 2. The largest absolute Gasteiger partial charge is 0.490 e. The number of nitrogens with one attached hydrogen (secondary N) is 1. The molecule has 6 heteroatoms. The van der Waals surface area contributed by atoms with Crippen LogP contribution < -0.4 is 14.9 Å². The van der Waals surface area contributed by atoms with E-state index in [0.717, 1.165) is 26.9 Å². The predicted molar refractivity (Wildman–Crippen MR) is 123 cm³/mol. The molecule has 0 amide bonds. The Morgan fingerprint density at radius 2 is 1.79 bits per heavy atom. The monoisotopic (exact) mass is 472 g/mol. The first-order valence-electron chi connectivity index (χ1n) is 9.24. The normalized spacial score (nSPS) is 10.9. The van der Waals surface area contributed by atoms with Crippen LogP contribution in [0.4, 0.5) is 5.69 Å². The number of hydrogen-bond acceptors (Lipinski definition) is 4. The SMILES string of the molecule is CCOc1cc(C=NNc2ccc(C)c(Cl)c2)ccc1OCc1ccc(Br)cc1. The molecular weight excluding hydrogens is 452 g/mol. The number of ether oxygens (including phenoxy) is 2. The van der Waals surface area contributed by atoms with Gasteiger partial charge in [0.1, 0.15) is 6.61 Å². The van der Waals surface area contributed by atoms with Gasteiger partial charge in [-0.05, 0) is 73.0 Å². The van der Waals surface area contributed by atoms with Gasteiger partial charge in [0, 0.05) is 9.50 Å². The molecule has 0 spiro atoms. The van der Waals surface area contributed by atoms with Crippen molar-refractivity contribution in [3.8, 4) is 11.5 Å². The van der Waals surface area contributed by atoms with Crippen molar-refractivity contribution in [2.75, 3.05) is 12.0 Å². The first kappa shape index (κ1) is 21.2. The van der Waals surface area contributed by atoms with Crippen molar-refractivity contribution in [2.45, 2.75) is 20.5 Å². The van der Waals surface area contributed by atoms with Crippen LogP contribution in [0, 0.1) is 6.92 Å². The van der Waals surface area contributed by atoms with E-state index in [-0.39, 0.29) is 0 Å². The number of hydrogen-bond donors (Lipinski definition) is 1. The number of anilines is 1. The summed E-state index contributed by atoms with van der Waals surface area (Å²) in [5.74, 6) is 1.39. The minimum Gasteiger partial charge on any atom is -0.490 e. The first-order valence-corrected chi connectivity index (χ1v) is 10.4. The van der Waals surface area contributed by atoms with Gasteiger partial charge in [0.05, 0.1) is 18.5 Å². The summed E-state index contributed by atoms with van der Waals surface area (Å²) in [5, 5.41) is 4.99. The molecule has 3 aromatic carbocycles. The molecule has 1 N–H and O–H groups in total. The highest BCUT2D eigenvalue weighted by Crippen LogP contribution is 2.29. The Kier molecular flexibility index (Phi) is 7.55. The Hall–Kier alpha value is -2.50. The summed E-state index contributed by atoms with van der Waals surface area (Å²) in [6.45, 7) is 4.93. The molecule has 0 saturated heterocycles. The van der Waals surface area contributed by atoms with Crippen LogP contribution in [0.15, 0.2) is 70.2 Å². The van der Waals surface area contributed by atoms with Gasteiger partial charge in [-0.2, -0.15) is 5.10 Å². The number of nitrogens with zero attached hydrogens (tertiary/aromatic N) is 1. The van der Waals surface area contributed by atoms with E-state index in [4.69, 9.17) is 21.1 Å². The van der Waals surface area contributed by atoms with Gasteiger partial charge < -0.3 is 9.47 Å². The average Bonchev–Trinajstić information content (AvgIpc) is 2.71. The molecule has 3 rings (SSSR count). The molecule has 0 aliphatic rings. The van der Waals surface area contributed by atoms with Crippen LogP contribution in [0.5, 0.6) is 11.5 Å². The molecule has 0 bridgehead atoms. The zero-order chi connectivity index (χ0) is 20.6.